The molecule has 2 heterocycles. The normalized spacial score (nSPS) is 10.9. The Morgan fingerprint density at radius 3 is 2.77 bits per heavy atom. The van der Waals surface area contributed by atoms with Gasteiger partial charge in [-0.15, -0.1) is 0 Å². The van der Waals surface area contributed by atoms with Gasteiger partial charge in [0.05, 0.1) is 12.2 Å². The monoisotopic (exact) mass is 351 g/mol. The lowest BCUT2D eigenvalue weighted by Crippen LogP contribution is -2.23. The molecule has 0 saturated heterocycles. The number of nitrogens with zero attached hydrogens (tertiary/aromatic N) is 4. The van der Waals surface area contributed by atoms with Crippen LogP contribution in [0.2, 0.25) is 0 Å². The number of para-hydroxylation sites is 1. The van der Waals surface area contributed by atoms with Crippen molar-refractivity contribution >= 4 is 18.0 Å². The molecule has 0 fully saturated rings. The predicted molar refractivity (Wildman–Crippen MR) is 94.3 cm³/mol. The van der Waals surface area contributed by atoms with Gasteiger partial charge < -0.3 is 15.0 Å². The highest BCUT2D eigenvalue weighted by atomic mass is 16.4. The van der Waals surface area contributed by atoms with Crippen molar-refractivity contribution in [1.29, 1.82) is 0 Å². The number of nitrogens with one attached hydrogen (secondary N) is 1. The number of imidazole rings is 1. The van der Waals surface area contributed by atoms with Crippen LogP contribution in [-0.2, 0) is 22.7 Å². The van der Waals surface area contributed by atoms with E-state index >= 15 is 0 Å². The molecule has 8 heteroatoms. The number of carbonyl (C=O) groups is 2. The summed E-state index contributed by atoms with van der Waals surface area (Å²) in [4.78, 5) is 26.9. The first kappa shape index (κ1) is 17.2. The van der Waals surface area contributed by atoms with E-state index in [4.69, 9.17) is 5.11 Å². The molecule has 132 valence electrons. The zero-order valence-corrected chi connectivity index (χ0v) is 13.8. The van der Waals surface area contributed by atoms with Gasteiger partial charge in [-0.25, -0.2) is 9.67 Å². The largest absolute Gasteiger partial charge is 0.480 e. The van der Waals surface area contributed by atoms with Crippen molar-refractivity contribution in [2.24, 2.45) is 0 Å². The first-order chi connectivity index (χ1) is 12.6. The molecule has 8 nitrogen and oxygen atoms in total. The second-order valence-electron chi connectivity index (χ2n) is 5.43. The number of carboxylic acids is 1. The molecule has 0 aliphatic rings. The highest BCUT2D eigenvalue weighted by Gasteiger charge is 2.07. The third-order valence-electron chi connectivity index (χ3n) is 3.63. The van der Waals surface area contributed by atoms with E-state index in [0.717, 1.165) is 11.3 Å². The first-order valence-electron chi connectivity index (χ1n) is 7.90. The van der Waals surface area contributed by atoms with Crippen molar-refractivity contribution in [3.63, 3.8) is 0 Å². The summed E-state index contributed by atoms with van der Waals surface area (Å²) in [7, 11) is 0. The van der Waals surface area contributed by atoms with Gasteiger partial charge >= 0.3 is 5.97 Å². The van der Waals surface area contributed by atoms with Gasteiger partial charge in [-0.2, -0.15) is 5.10 Å². The summed E-state index contributed by atoms with van der Waals surface area (Å²) in [5.74, 6) is -0.790. The zero-order chi connectivity index (χ0) is 18.4. The minimum Gasteiger partial charge on any atom is -0.480 e. The number of hydrogen-bond acceptors (Lipinski definition) is 4. The second-order valence-corrected chi connectivity index (χ2v) is 5.43. The van der Waals surface area contributed by atoms with E-state index in [0.29, 0.717) is 5.82 Å². The van der Waals surface area contributed by atoms with Crippen LogP contribution in [-0.4, -0.2) is 36.3 Å². The Hall–Kier alpha value is -3.68. The maximum absolute atomic E-state index is 12.1. The fraction of sp³-hybridized carbons (Fsp3) is 0.111. The van der Waals surface area contributed by atoms with Gasteiger partial charge in [-0.3, -0.25) is 9.59 Å². The lowest BCUT2D eigenvalue weighted by molar-refractivity contribution is -0.137. The molecule has 0 saturated carbocycles. The van der Waals surface area contributed by atoms with E-state index in [1.54, 1.807) is 23.2 Å². The number of aliphatic carboxylic acids is 1. The van der Waals surface area contributed by atoms with Crippen LogP contribution in [0.3, 0.4) is 0 Å². The lowest BCUT2D eigenvalue weighted by atomic mass is 10.1. The average molecular weight is 351 g/mol. The zero-order valence-electron chi connectivity index (χ0n) is 13.8. The summed E-state index contributed by atoms with van der Waals surface area (Å²) in [6.07, 6.45) is 9.71. The SMILES string of the molecule is O=C(O)Cn1ccnc1CNC(=O)/C=C/c1ccccc1-n1cccn1. The maximum atomic E-state index is 12.1. The van der Waals surface area contributed by atoms with Crippen LogP contribution in [0.15, 0.2) is 61.2 Å². The fourth-order valence-corrected chi connectivity index (χ4v) is 2.44. The molecule has 0 bridgehead atoms. The Kier molecular flexibility index (Phi) is 5.23. The molecule has 0 aliphatic heterocycles. The predicted octanol–water partition coefficient (Wildman–Crippen LogP) is 1.48. The lowest BCUT2D eigenvalue weighted by Gasteiger charge is -2.06. The summed E-state index contributed by atoms with van der Waals surface area (Å²) < 4.78 is 3.19. The summed E-state index contributed by atoms with van der Waals surface area (Å²) in [5, 5.41) is 15.7. The maximum Gasteiger partial charge on any atom is 0.323 e. The molecular formula is C18H17N5O3. The molecule has 0 unspecified atom stereocenters. The van der Waals surface area contributed by atoms with Crippen LogP contribution in [0.4, 0.5) is 0 Å². The van der Waals surface area contributed by atoms with Gasteiger partial charge in [-0.1, -0.05) is 18.2 Å². The molecule has 26 heavy (non-hydrogen) atoms. The molecule has 1 amide bonds. The fourth-order valence-electron chi connectivity index (χ4n) is 2.44. The third-order valence-corrected chi connectivity index (χ3v) is 3.63. The van der Waals surface area contributed by atoms with E-state index in [1.807, 2.05) is 36.5 Å². The van der Waals surface area contributed by atoms with Gasteiger partial charge in [0.15, 0.2) is 0 Å². The van der Waals surface area contributed by atoms with Crippen molar-refractivity contribution in [2.75, 3.05) is 0 Å². The molecule has 2 N–H and O–H groups in total. The summed E-state index contributed by atoms with van der Waals surface area (Å²) in [6, 6.07) is 9.41. The van der Waals surface area contributed by atoms with Crippen molar-refractivity contribution < 1.29 is 14.7 Å². The molecule has 3 aromatic rings. The minimum atomic E-state index is -0.967. The topological polar surface area (TPSA) is 102 Å². The Bertz CT molecular complexity index is 928. The molecule has 3 rings (SSSR count). The first-order valence-corrected chi connectivity index (χ1v) is 7.90. The van der Waals surface area contributed by atoms with E-state index in [9.17, 15) is 9.59 Å². The Balaban J connectivity index is 1.64. The molecular weight excluding hydrogens is 334 g/mol. The molecule has 0 spiro atoms. The number of carbonyl (C=O) groups excluding carboxylic acids is 1. The van der Waals surface area contributed by atoms with Crippen LogP contribution < -0.4 is 5.32 Å². The number of aromatic nitrogens is 4. The molecule has 0 atom stereocenters. The molecule has 0 aliphatic carbocycles. The molecule has 1 aromatic carbocycles. The smallest absolute Gasteiger partial charge is 0.323 e. The molecule has 0 radical (unpaired) electrons. The van der Waals surface area contributed by atoms with Gasteiger partial charge in [0.2, 0.25) is 5.91 Å². The van der Waals surface area contributed by atoms with E-state index in [2.05, 4.69) is 15.4 Å². The number of amides is 1. The van der Waals surface area contributed by atoms with Gasteiger partial charge in [0.1, 0.15) is 12.4 Å². The van der Waals surface area contributed by atoms with E-state index < -0.39 is 5.97 Å². The molecule has 2 aromatic heterocycles. The van der Waals surface area contributed by atoms with Gasteiger partial charge in [0.25, 0.3) is 0 Å². The van der Waals surface area contributed by atoms with Crippen LogP contribution in [0.25, 0.3) is 11.8 Å². The van der Waals surface area contributed by atoms with Crippen molar-refractivity contribution in [2.45, 2.75) is 13.1 Å². The van der Waals surface area contributed by atoms with Crippen LogP contribution >= 0.6 is 0 Å². The van der Waals surface area contributed by atoms with Gasteiger partial charge in [0, 0.05) is 36.4 Å². The number of hydrogen-bond donors (Lipinski definition) is 2. The van der Waals surface area contributed by atoms with Gasteiger partial charge in [-0.05, 0) is 18.2 Å². The van der Waals surface area contributed by atoms with Crippen molar-refractivity contribution in [3.05, 3.63) is 72.6 Å². The second kappa shape index (κ2) is 7.93. The van der Waals surface area contributed by atoms with Crippen molar-refractivity contribution in [1.82, 2.24) is 24.6 Å². The highest BCUT2D eigenvalue weighted by Crippen LogP contribution is 2.14. The quantitative estimate of drug-likeness (QED) is 0.628. The summed E-state index contributed by atoms with van der Waals surface area (Å²) in [5.41, 5.74) is 1.71. The van der Waals surface area contributed by atoms with Crippen LogP contribution in [0, 0.1) is 0 Å². The highest BCUT2D eigenvalue weighted by molar-refractivity contribution is 5.92. The minimum absolute atomic E-state index is 0.143. The Morgan fingerprint density at radius 2 is 2.00 bits per heavy atom. The van der Waals surface area contributed by atoms with E-state index in [-0.39, 0.29) is 19.0 Å². The van der Waals surface area contributed by atoms with Crippen molar-refractivity contribution in [3.8, 4) is 5.69 Å². The summed E-state index contributed by atoms with van der Waals surface area (Å²) >= 11 is 0. The van der Waals surface area contributed by atoms with E-state index in [1.165, 1.54) is 16.8 Å². The average Bonchev–Trinajstić information content (AvgIpc) is 3.30. The Labute approximate surface area is 149 Å². The Morgan fingerprint density at radius 1 is 1.15 bits per heavy atom. The third kappa shape index (κ3) is 4.23. The number of benzene rings is 1. The standard InChI is InChI=1S/C18H17N5O3/c24-17(20-12-16-19-9-11-22(16)13-18(25)26)7-6-14-4-1-2-5-15(14)23-10-3-8-21-23/h1-11H,12-13H2,(H,20,24)(H,25,26)/b7-6+. The number of rotatable bonds is 7. The van der Waals surface area contributed by atoms with Crippen LogP contribution in [0.5, 0.6) is 0 Å². The van der Waals surface area contributed by atoms with Crippen LogP contribution in [0.1, 0.15) is 11.4 Å². The summed E-state index contributed by atoms with van der Waals surface area (Å²) in [6.45, 7) is -0.0530. The number of carboxylic acid groups (broad SMARTS) is 1.